The summed E-state index contributed by atoms with van der Waals surface area (Å²) in [7, 11) is 0. The first-order chi connectivity index (χ1) is 14.7. The van der Waals surface area contributed by atoms with Crippen LogP contribution in [0.4, 0.5) is 4.39 Å². The zero-order chi connectivity index (χ0) is 20.9. The van der Waals surface area contributed by atoms with Crippen molar-refractivity contribution < 1.29 is 13.9 Å². The van der Waals surface area contributed by atoms with E-state index in [0.717, 1.165) is 22.4 Å². The second kappa shape index (κ2) is 9.11. The molecule has 0 amide bonds. The minimum absolute atomic E-state index is 0.320. The summed E-state index contributed by atoms with van der Waals surface area (Å²) < 4.78 is 26.1. The molecular weight excluding hydrogens is 379 g/mol. The normalized spacial score (nSPS) is 11.3. The summed E-state index contributed by atoms with van der Waals surface area (Å²) in [5, 5.41) is 0.697. The minimum atomic E-state index is -0.646. The smallest absolute Gasteiger partial charge is 0.201 e. The molecule has 0 aliphatic heterocycles. The van der Waals surface area contributed by atoms with Gasteiger partial charge in [0.15, 0.2) is 0 Å². The van der Waals surface area contributed by atoms with Gasteiger partial charge in [-0.1, -0.05) is 36.4 Å². The van der Waals surface area contributed by atoms with Gasteiger partial charge in [-0.3, -0.25) is 4.98 Å². The Morgan fingerprint density at radius 2 is 1.60 bits per heavy atom. The predicted octanol–water partition coefficient (Wildman–Crippen LogP) is 6.17. The van der Waals surface area contributed by atoms with E-state index in [4.69, 9.17) is 14.5 Å². The Balaban J connectivity index is 2.14. The molecular formula is C25H23FN2O2. The van der Waals surface area contributed by atoms with Gasteiger partial charge in [0, 0.05) is 35.9 Å². The highest BCUT2D eigenvalue weighted by Crippen LogP contribution is 2.41. The number of benzene rings is 2. The van der Waals surface area contributed by atoms with Crippen molar-refractivity contribution in [2.24, 2.45) is 0 Å². The van der Waals surface area contributed by atoms with Crippen LogP contribution in [0.25, 0.3) is 33.3 Å². The van der Waals surface area contributed by atoms with Crippen LogP contribution in [0.1, 0.15) is 25.8 Å². The molecule has 5 heteroatoms. The van der Waals surface area contributed by atoms with Crippen LogP contribution in [-0.4, -0.2) is 23.2 Å². The average Bonchev–Trinajstić information content (AvgIpc) is 2.79. The van der Waals surface area contributed by atoms with Crippen molar-refractivity contribution in [3.63, 3.8) is 0 Å². The molecule has 0 spiro atoms. The van der Waals surface area contributed by atoms with Gasteiger partial charge in [-0.25, -0.2) is 9.37 Å². The molecule has 0 N–H and O–H groups in total. The maximum Gasteiger partial charge on any atom is 0.201 e. The lowest BCUT2D eigenvalue weighted by atomic mass is 9.92. The van der Waals surface area contributed by atoms with Gasteiger partial charge >= 0.3 is 0 Å². The SMILES string of the molecule is CCOC(OCC)c1nc2ccc(F)cc2c(-c2ccccn2)c1-c1ccccc1. The molecule has 4 rings (SSSR count). The number of ether oxygens (including phenoxy) is 2. The Morgan fingerprint density at radius 1 is 0.867 bits per heavy atom. The van der Waals surface area contributed by atoms with Crippen molar-refractivity contribution in [1.29, 1.82) is 0 Å². The molecule has 0 unspecified atom stereocenters. The highest BCUT2D eigenvalue weighted by atomic mass is 19.1. The third kappa shape index (κ3) is 3.95. The molecule has 0 bridgehead atoms. The topological polar surface area (TPSA) is 44.2 Å². The molecule has 0 atom stereocenters. The van der Waals surface area contributed by atoms with Crippen molar-refractivity contribution in [3.8, 4) is 22.4 Å². The van der Waals surface area contributed by atoms with Crippen molar-refractivity contribution in [2.75, 3.05) is 13.2 Å². The van der Waals surface area contributed by atoms with E-state index in [9.17, 15) is 4.39 Å². The maximum absolute atomic E-state index is 14.3. The van der Waals surface area contributed by atoms with Crippen LogP contribution in [-0.2, 0) is 9.47 Å². The van der Waals surface area contributed by atoms with Gasteiger partial charge in [-0.2, -0.15) is 0 Å². The molecule has 0 radical (unpaired) electrons. The summed E-state index contributed by atoms with van der Waals surface area (Å²) in [5.41, 5.74) is 4.64. The Bertz CT molecular complexity index is 1130. The summed E-state index contributed by atoms with van der Waals surface area (Å²) in [6, 6.07) is 20.2. The average molecular weight is 402 g/mol. The second-order valence-corrected chi connectivity index (χ2v) is 6.73. The lowest BCUT2D eigenvalue weighted by Gasteiger charge is -2.23. The molecule has 4 nitrogen and oxygen atoms in total. The van der Waals surface area contributed by atoms with Gasteiger partial charge in [-0.05, 0) is 49.7 Å². The molecule has 4 aromatic rings. The monoisotopic (exact) mass is 402 g/mol. The molecule has 152 valence electrons. The Kier molecular flexibility index (Phi) is 6.12. The number of pyridine rings is 2. The van der Waals surface area contributed by atoms with Crippen molar-refractivity contribution in [3.05, 3.63) is 84.4 Å². The first-order valence-electron chi connectivity index (χ1n) is 10.1. The van der Waals surface area contributed by atoms with Gasteiger partial charge in [0.1, 0.15) is 11.5 Å². The van der Waals surface area contributed by atoms with E-state index in [2.05, 4.69) is 4.98 Å². The zero-order valence-corrected chi connectivity index (χ0v) is 17.0. The number of nitrogens with zero attached hydrogens (tertiary/aromatic N) is 2. The lowest BCUT2D eigenvalue weighted by molar-refractivity contribution is -0.142. The quantitative estimate of drug-likeness (QED) is 0.347. The zero-order valence-electron chi connectivity index (χ0n) is 17.0. The van der Waals surface area contributed by atoms with Crippen LogP contribution in [0.3, 0.4) is 0 Å². The second-order valence-electron chi connectivity index (χ2n) is 6.73. The highest BCUT2D eigenvalue weighted by Gasteiger charge is 2.25. The fourth-order valence-corrected chi connectivity index (χ4v) is 3.61. The van der Waals surface area contributed by atoms with Crippen LogP contribution < -0.4 is 0 Å². The van der Waals surface area contributed by atoms with Crippen LogP contribution >= 0.6 is 0 Å². The summed E-state index contributed by atoms with van der Waals surface area (Å²) in [5.74, 6) is -0.320. The molecule has 30 heavy (non-hydrogen) atoms. The molecule has 2 heterocycles. The Labute approximate surface area is 175 Å². The van der Waals surface area contributed by atoms with E-state index in [0.29, 0.717) is 29.8 Å². The van der Waals surface area contributed by atoms with Crippen LogP contribution in [0.2, 0.25) is 0 Å². The highest BCUT2D eigenvalue weighted by molar-refractivity contribution is 6.02. The Hall–Kier alpha value is -3.15. The molecule has 0 saturated heterocycles. The lowest BCUT2D eigenvalue weighted by Crippen LogP contribution is -2.13. The van der Waals surface area contributed by atoms with Crippen LogP contribution in [0.5, 0.6) is 0 Å². The van der Waals surface area contributed by atoms with Gasteiger partial charge in [0.25, 0.3) is 0 Å². The standard InChI is InChI=1S/C25H23FN2O2/c1-3-29-25(30-4-2)24-22(17-10-6-5-7-11-17)23(21-12-8-9-15-27-21)19-16-18(26)13-14-20(19)28-24/h5-16,25H,3-4H2,1-2H3. The van der Waals surface area contributed by atoms with E-state index < -0.39 is 6.29 Å². The first-order valence-corrected chi connectivity index (χ1v) is 10.1. The van der Waals surface area contributed by atoms with Crippen LogP contribution in [0, 0.1) is 5.82 Å². The van der Waals surface area contributed by atoms with Crippen molar-refractivity contribution in [1.82, 2.24) is 9.97 Å². The van der Waals surface area contributed by atoms with E-state index >= 15 is 0 Å². The van der Waals surface area contributed by atoms with Gasteiger partial charge in [-0.15, -0.1) is 0 Å². The molecule has 0 aliphatic carbocycles. The van der Waals surface area contributed by atoms with Crippen LogP contribution in [0.15, 0.2) is 72.9 Å². The summed E-state index contributed by atoms with van der Waals surface area (Å²) >= 11 is 0. The number of aromatic nitrogens is 2. The van der Waals surface area contributed by atoms with E-state index in [1.807, 2.05) is 62.4 Å². The molecule has 2 aromatic carbocycles. The minimum Gasteiger partial charge on any atom is -0.347 e. The Morgan fingerprint density at radius 3 is 2.27 bits per heavy atom. The number of hydrogen-bond donors (Lipinski definition) is 0. The van der Waals surface area contributed by atoms with Gasteiger partial charge in [0.2, 0.25) is 6.29 Å². The number of rotatable bonds is 7. The molecule has 2 aromatic heterocycles. The third-order valence-corrected chi connectivity index (χ3v) is 4.82. The summed E-state index contributed by atoms with van der Waals surface area (Å²) in [4.78, 5) is 9.45. The van der Waals surface area contributed by atoms with E-state index in [1.54, 1.807) is 12.3 Å². The molecule has 0 saturated carbocycles. The number of hydrogen-bond acceptors (Lipinski definition) is 4. The molecule has 0 fully saturated rings. The molecule has 0 aliphatic rings. The van der Waals surface area contributed by atoms with Gasteiger partial charge < -0.3 is 9.47 Å². The number of fused-ring (bicyclic) bond motifs is 1. The summed E-state index contributed by atoms with van der Waals surface area (Å²) in [6.07, 6.45) is 1.09. The fraction of sp³-hybridized carbons (Fsp3) is 0.200. The van der Waals surface area contributed by atoms with Crippen molar-refractivity contribution in [2.45, 2.75) is 20.1 Å². The van der Waals surface area contributed by atoms with Gasteiger partial charge in [0.05, 0.1) is 11.2 Å². The third-order valence-electron chi connectivity index (χ3n) is 4.82. The largest absolute Gasteiger partial charge is 0.347 e. The van der Waals surface area contributed by atoms with E-state index in [-0.39, 0.29) is 5.82 Å². The van der Waals surface area contributed by atoms with Crippen molar-refractivity contribution >= 4 is 10.9 Å². The number of halogens is 1. The first kappa shape index (κ1) is 20.1. The maximum atomic E-state index is 14.3. The predicted molar refractivity (Wildman–Crippen MR) is 116 cm³/mol. The van der Waals surface area contributed by atoms with E-state index in [1.165, 1.54) is 12.1 Å². The summed E-state index contributed by atoms with van der Waals surface area (Å²) in [6.45, 7) is 4.79. The fourth-order valence-electron chi connectivity index (χ4n) is 3.61.